The summed E-state index contributed by atoms with van der Waals surface area (Å²) in [6, 6.07) is 2.85. The fourth-order valence-corrected chi connectivity index (χ4v) is 3.85. The molecule has 3 amide bonds. The number of aliphatic carboxylic acids is 1. The molecule has 198 valence electrons. The third kappa shape index (κ3) is 8.22. The summed E-state index contributed by atoms with van der Waals surface area (Å²) in [5, 5.41) is 27.0. The van der Waals surface area contributed by atoms with Crippen LogP contribution in [-0.2, 0) is 25.6 Å². The highest BCUT2D eigenvalue weighted by Gasteiger charge is 2.29. The van der Waals surface area contributed by atoms with Crippen molar-refractivity contribution < 1.29 is 29.4 Å². The molecule has 0 spiro atoms. The molecular weight excluding hydrogens is 488 g/mol. The van der Waals surface area contributed by atoms with Gasteiger partial charge in [-0.2, -0.15) is 12.6 Å². The Morgan fingerprint density at radius 3 is 2.25 bits per heavy atom. The number of carbonyl (C=O) groups excluding carboxylic acids is 3. The number of nitrogens with one attached hydrogen (secondary N) is 4. The number of carboxylic acids is 1. The van der Waals surface area contributed by atoms with Crippen LogP contribution in [0.25, 0.3) is 10.9 Å². The molecule has 0 saturated heterocycles. The lowest BCUT2D eigenvalue weighted by molar-refractivity contribution is -0.142. The van der Waals surface area contributed by atoms with E-state index in [1.807, 2.05) is 24.3 Å². The number of amides is 3. The van der Waals surface area contributed by atoms with E-state index in [-0.39, 0.29) is 18.6 Å². The Labute approximate surface area is 214 Å². The Bertz CT molecular complexity index is 1050. The quantitative estimate of drug-likeness (QED) is 0.100. The number of fused-ring (bicyclic) bond motifs is 1. The van der Waals surface area contributed by atoms with Crippen LogP contribution in [0.1, 0.15) is 24.8 Å². The largest absolute Gasteiger partial charge is 0.480 e. The number of hydrogen-bond acceptors (Lipinski definition) is 8. The molecule has 0 aliphatic carbocycles. The topological polar surface area (TPSA) is 213 Å². The maximum Gasteiger partial charge on any atom is 0.326 e. The van der Waals surface area contributed by atoms with E-state index in [0.29, 0.717) is 19.4 Å². The normalized spacial score (nSPS) is 14.4. The van der Waals surface area contributed by atoms with Gasteiger partial charge in [0.15, 0.2) is 0 Å². The Kier molecular flexibility index (Phi) is 11.7. The number of aliphatic hydroxyl groups excluding tert-OH is 1. The average Bonchev–Trinajstić information content (AvgIpc) is 3.27. The van der Waals surface area contributed by atoms with Crippen molar-refractivity contribution in [3.8, 4) is 0 Å². The number of unbranched alkanes of at least 4 members (excludes halogenated alkanes) is 1. The highest BCUT2D eigenvalue weighted by atomic mass is 32.1. The van der Waals surface area contributed by atoms with Crippen LogP contribution in [-0.4, -0.2) is 82.0 Å². The number of carboxylic acid groups (broad SMARTS) is 1. The molecule has 36 heavy (non-hydrogen) atoms. The number of carbonyl (C=O) groups is 4. The van der Waals surface area contributed by atoms with E-state index in [4.69, 9.17) is 11.5 Å². The first-order valence-electron chi connectivity index (χ1n) is 11.6. The lowest BCUT2D eigenvalue weighted by Crippen LogP contribution is -2.58. The zero-order valence-electron chi connectivity index (χ0n) is 19.8. The number of thiol groups is 1. The second-order valence-electron chi connectivity index (χ2n) is 8.34. The van der Waals surface area contributed by atoms with E-state index >= 15 is 0 Å². The van der Waals surface area contributed by atoms with Gasteiger partial charge in [-0.15, -0.1) is 0 Å². The lowest BCUT2D eigenvalue weighted by Gasteiger charge is -2.23. The van der Waals surface area contributed by atoms with Crippen molar-refractivity contribution in [3.05, 3.63) is 36.0 Å². The molecule has 12 nitrogen and oxygen atoms in total. The van der Waals surface area contributed by atoms with Crippen LogP contribution < -0.4 is 27.4 Å². The number of aliphatic hydroxyl groups is 1. The predicted octanol–water partition coefficient (Wildman–Crippen LogP) is -1.37. The van der Waals surface area contributed by atoms with Gasteiger partial charge >= 0.3 is 5.97 Å². The lowest BCUT2D eigenvalue weighted by atomic mass is 10.0. The molecular formula is C23H34N6O6S. The van der Waals surface area contributed by atoms with Crippen molar-refractivity contribution in [2.75, 3.05) is 18.9 Å². The molecule has 0 aliphatic heterocycles. The maximum atomic E-state index is 12.7. The summed E-state index contributed by atoms with van der Waals surface area (Å²) in [6.45, 7) is -0.391. The molecule has 1 aromatic heterocycles. The number of aromatic nitrogens is 1. The minimum Gasteiger partial charge on any atom is -0.480 e. The summed E-state index contributed by atoms with van der Waals surface area (Å²) in [4.78, 5) is 52.3. The molecule has 0 fully saturated rings. The molecule has 4 unspecified atom stereocenters. The van der Waals surface area contributed by atoms with Crippen LogP contribution in [0, 0.1) is 0 Å². The first-order valence-corrected chi connectivity index (χ1v) is 12.2. The summed E-state index contributed by atoms with van der Waals surface area (Å²) in [5.41, 5.74) is 13.2. The molecule has 13 heteroatoms. The van der Waals surface area contributed by atoms with Crippen LogP contribution in [0.3, 0.4) is 0 Å². The SMILES string of the molecule is NCCCCC(NC(=O)C(CO)NC(=O)C(CS)NC(=O)C(N)Cc1c[nH]c2ccccc12)C(=O)O. The van der Waals surface area contributed by atoms with E-state index in [2.05, 4.69) is 33.6 Å². The second-order valence-corrected chi connectivity index (χ2v) is 8.71. The van der Waals surface area contributed by atoms with Gasteiger partial charge in [0.1, 0.15) is 18.1 Å². The molecule has 0 aliphatic rings. The van der Waals surface area contributed by atoms with Gasteiger partial charge in [0.25, 0.3) is 0 Å². The third-order valence-corrected chi connectivity index (χ3v) is 6.01. The van der Waals surface area contributed by atoms with Crippen molar-refractivity contribution in [1.29, 1.82) is 0 Å². The molecule has 0 bridgehead atoms. The molecule has 0 radical (unpaired) electrons. The summed E-state index contributed by atoms with van der Waals surface area (Å²) in [6.07, 6.45) is 3.21. The van der Waals surface area contributed by atoms with Gasteiger partial charge in [-0.25, -0.2) is 4.79 Å². The second kappa shape index (κ2) is 14.4. The van der Waals surface area contributed by atoms with Crippen molar-refractivity contribution in [2.45, 2.75) is 49.9 Å². The van der Waals surface area contributed by atoms with Crippen molar-refractivity contribution in [1.82, 2.24) is 20.9 Å². The zero-order chi connectivity index (χ0) is 26.7. The first-order chi connectivity index (χ1) is 17.2. The fourth-order valence-electron chi connectivity index (χ4n) is 3.59. The number of H-pyrrole nitrogens is 1. The van der Waals surface area contributed by atoms with Crippen LogP contribution >= 0.6 is 12.6 Å². The van der Waals surface area contributed by atoms with Crippen LogP contribution in [0.15, 0.2) is 30.5 Å². The Balaban J connectivity index is 1.95. The monoisotopic (exact) mass is 522 g/mol. The zero-order valence-corrected chi connectivity index (χ0v) is 20.7. The predicted molar refractivity (Wildman–Crippen MR) is 137 cm³/mol. The van der Waals surface area contributed by atoms with Gasteiger partial charge in [-0.05, 0) is 43.9 Å². The molecule has 10 N–H and O–H groups in total. The van der Waals surface area contributed by atoms with Crippen molar-refractivity contribution >= 4 is 47.2 Å². The van der Waals surface area contributed by atoms with Crippen LogP contribution in [0.5, 0.6) is 0 Å². The minimum absolute atomic E-state index is 0.103. The fraction of sp³-hybridized carbons (Fsp3) is 0.478. The summed E-state index contributed by atoms with van der Waals surface area (Å²) in [5.74, 6) is -3.58. The maximum absolute atomic E-state index is 12.7. The first kappa shape index (κ1) is 29.1. The smallest absolute Gasteiger partial charge is 0.326 e. The number of aromatic amines is 1. The van der Waals surface area contributed by atoms with Crippen molar-refractivity contribution in [2.24, 2.45) is 11.5 Å². The summed E-state index contributed by atoms with van der Waals surface area (Å²) >= 11 is 4.10. The standard InChI is InChI=1S/C23H34N6O6S/c24-8-4-3-7-17(23(34)35)27-21(32)18(11-30)28-22(33)19(12-36)29-20(31)15(25)9-13-10-26-16-6-2-1-5-14(13)16/h1-2,5-6,10,15,17-19,26,30,36H,3-4,7-9,11-12,24-25H2,(H,27,32)(H,28,33)(H,29,31)(H,34,35). The Morgan fingerprint density at radius 1 is 0.972 bits per heavy atom. The number of para-hydroxylation sites is 1. The van der Waals surface area contributed by atoms with Gasteiger partial charge in [-0.3, -0.25) is 14.4 Å². The van der Waals surface area contributed by atoms with E-state index < -0.39 is 54.5 Å². The van der Waals surface area contributed by atoms with Gasteiger partial charge in [0, 0.05) is 22.9 Å². The Morgan fingerprint density at radius 2 is 1.61 bits per heavy atom. The molecule has 1 aromatic carbocycles. The summed E-state index contributed by atoms with van der Waals surface area (Å²) in [7, 11) is 0. The van der Waals surface area contributed by atoms with E-state index in [9.17, 15) is 29.4 Å². The van der Waals surface area contributed by atoms with E-state index in [0.717, 1.165) is 16.5 Å². The van der Waals surface area contributed by atoms with E-state index in [1.165, 1.54) is 0 Å². The summed E-state index contributed by atoms with van der Waals surface area (Å²) < 4.78 is 0. The molecule has 1 heterocycles. The number of hydrogen-bond donors (Lipinski definition) is 9. The van der Waals surface area contributed by atoms with E-state index in [1.54, 1.807) is 6.20 Å². The van der Waals surface area contributed by atoms with Crippen LogP contribution in [0.4, 0.5) is 0 Å². The third-order valence-electron chi connectivity index (χ3n) is 5.64. The molecule has 0 saturated carbocycles. The number of benzene rings is 1. The van der Waals surface area contributed by atoms with Gasteiger partial charge < -0.3 is 42.6 Å². The van der Waals surface area contributed by atoms with Crippen molar-refractivity contribution in [3.63, 3.8) is 0 Å². The van der Waals surface area contributed by atoms with Gasteiger partial charge in [0.05, 0.1) is 12.6 Å². The number of nitrogens with two attached hydrogens (primary N) is 2. The highest BCUT2D eigenvalue weighted by Crippen LogP contribution is 2.18. The van der Waals surface area contributed by atoms with Gasteiger partial charge in [0.2, 0.25) is 17.7 Å². The highest BCUT2D eigenvalue weighted by molar-refractivity contribution is 7.80. The Hall–Kier alpha value is -3.13. The average molecular weight is 523 g/mol. The minimum atomic E-state index is -1.42. The van der Waals surface area contributed by atoms with Gasteiger partial charge in [-0.1, -0.05) is 18.2 Å². The number of rotatable bonds is 15. The molecule has 2 rings (SSSR count). The molecule has 4 atom stereocenters. The van der Waals surface area contributed by atoms with Crippen LogP contribution in [0.2, 0.25) is 0 Å². The molecule has 2 aromatic rings.